The molecule has 0 aromatic carbocycles. The molecule has 0 saturated carbocycles. The molecule has 0 fully saturated rings. The minimum absolute atomic E-state index is 0.0544. The van der Waals surface area contributed by atoms with E-state index in [-0.39, 0.29) is 5.91 Å². The van der Waals surface area contributed by atoms with Crippen LogP contribution in [0.1, 0.15) is 23.4 Å². The molecule has 3 N–H and O–H groups in total. The molecule has 0 spiro atoms. The van der Waals surface area contributed by atoms with Crippen LogP contribution in [0.25, 0.3) is 5.65 Å². The second-order valence-corrected chi connectivity index (χ2v) is 4.26. The van der Waals surface area contributed by atoms with E-state index in [1.807, 2.05) is 19.9 Å². The molecule has 1 amide bonds. The van der Waals surface area contributed by atoms with Gasteiger partial charge in [0.25, 0.3) is 0 Å². The number of carbonyl (C=O) groups excluding carboxylic acids is 1. The molecule has 6 nitrogen and oxygen atoms in total. The number of amides is 1. The molecule has 0 radical (unpaired) electrons. The predicted molar refractivity (Wildman–Crippen MR) is 68.0 cm³/mol. The lowest BCUT2D eigenvalue weighted by Crippen LogP contribution is -2.25. The Morgan fingerprint density at radius 1 is 1.50 bits per heavy atom. The maximum absolute atomic E-state index is 11.4. The van der Waals surface area contributed by atoms with Crippen molar-refractivity contribution in [2.75, 3.05) is 6.54 Å². The highest BCUT2D eigenvalue weighted by Crippen LogP contribution is 2.11. The Morgan fingerprint density at radius 3 is 3.00 bits per heavy atom. The monoisotopic (exact) mass is 247 g/mol. The molecule has 2 heterocycles. The molecule has 6 heteroatoms. The van der Waals surface area contributed by atoms with Crippen LogP contribution in [0.4, 0.5) is 0 Å². The molecule has 0 unspecified atom stereocenters. The quantitative estimate of drug-likeness (QED) is 0.814. The number of nitrogens with zero attached hydrogens (tertiary/aromatic N) is 3. The SMILES string of the molecule is Cc1cc(C)n2ncc(CNC(=O)CCN)c2n1. The van der Waals surface area contributed by atoms with Crippen molar-refractivity contribution >= 4 is 11.6 Å². The standard InChI is InChI=1S/C12H17N5O/c1-8-5-9(2)17-12(16-8)10(7-15-17)6-14-11(18)3-4-13/h5,7H,3-4,6,13H2,1-2H3,(H,14,18). The Kier molecular flexibility index (Phi) is 3.57. The zero-order valence-electron chi connectivity index (χ0n) is 10.6. The van der Waals surface area contributed by atoms with Crippen LogP contribution in [-0.4, -0.2) is 27.0 Å². The van der Waals surface area contributed by atoms with Crippen molar-refractivity contribution < 1.29 is 4.79 Å². The van der Waals surface area contributed by atoms with Crippen molar-refractivity contribution in [2.45, 2.75) is 26.8 Å². The summed E-state index contributed by atoms with van der Waals surface area (Å²) in [6.45, 7) is 4.71. The molecule has 0 atom stereocenters. The van der Waals surface area contributed by atoms with Gasteiger partial charge in [0.15, 0.2) is 5.65 Å². The predicted octanol–water partition coefficient (Wildman–Crippen LogP) is 0.311. The molecule has 2 rings (SSSR count). The molecule has 0 aliphatic carbocycles. The van der Waals surface area contributed by atoms with E-state index in [4.69, 9.17) is 5.73 Å². The van der Waals surface area contributed by atoms with Crippen LogP contribution >= 0.6 is 0 Å². The van der Waals surface area contributed by atoms with Crippen LogP contribution in [-0.2, 0) is 11.3 Å². The van der Waals surface area contributed by atoms with Gasteiger partial charge in [0, 0.05) is 36.5 Å². The lowest BCUT2D eigenvalue weighted by molar-refractivity contribution is -0.121. The minimum atomic E-state index is -0.0544. The van der Waals surface area contributed by atoms with E-state index in [1.54, 1.807) is 10.7 Å². The first-order valence-electron chi connectivity index (χ1n) is 5.89. The second kappa shape index (κ2) is 5.14. The van der Waals surface area contributed by atoms with E-state index in [1.165, 1.54) is 0 Å². The normalized spacial score (nSPS) is 10.8. The Hall–Kier alpha value is -1.95. The summed E-state index contributed by atoms with van der Waals surface area (Å²) < 4.78 is 1.78. The average molecular weight is 247 g/mol. The maximum Gasteiger partial charge on any atom is 0.221 e. The summed E-state index contributed by atoms with van der Waals surface area (Å²) in [4.78, 5) is 15.8. The minimum Gasteiger partial charge on any atom is -0.352 e. The van der Waals surface area contributed by atoms with Gasteiger partial charge in [-0.05, 0) is 19.9 Å². The third-order valence-corrected chi connectivity index (χ3v) is 2.70. The van der Waals surface area contributed by atoms with Gasteiger partial charge in [-0.2, -0.15) is 5.10 Å². The lowest BCUT2D eigenvalue weighted by Gasteiger charge is -2.04. The maximum atomic E-state index is 11.4. The third kappa shape index (κ3) is 2.48. The molecule has 96 valence electrons. The van der Waals surface area contributed by atoms with Gasteiger partial charge in [0.1, 0.15) is 0 Å². The topological polar surface area (TPSA) is 85.3 Å². The number of aryl methyl sites for hydroxylation is 2. The number of nitrogens with two attached hydrogens (primary N) is 1. The van der Waals surface area contributed by atoms with Gasteiger partial charge in [-0.25, -0.2) is 9.50 Å². The molecule has 0 aliphatic heterocycles. The second-order valence-electron chi connectivity index (χ2n) is 4.26. The first-order chi connectivity index (χ1) is 8.61. The molecular weight excluding hydrogens is 230 g/mol. The summed E-state index contributed by atoms with van der Waals surface area (Å²) >= 11 is 0. The van der Waals surface area contributed by atoms with E-state index in [0.717, 1.165) is 22.6 Å². The van der Waals surface area contributed by atoms with Crippen molar-refractivity contribution in [2.24, 2.45) is 5.73 Å². The fraction of sp³-hybridized carbons (Fsp3) is 0.417. The summed E-state index contributed by atoms with van der Waals surface area (Å²) in [5.41, 5.74) is 8.99. The van der Waals surface area contributed by atoms with E-state index >= 15 is 0 Å². The first-order valence-corrected chi connectivity index (χ1v) is 5.89. The zero-order chi connectivity index (χ0) is 13.1. The van der Waals surface area contributed by atoms with Crippen LogP contribution in [0.15, 0.2) is 12.3 Å². The number of aromatic nitrogens is 3. The van der Waals surface area contributed by atoms with Gasteiger partial charge in [-0.15, -0.1) is 0 Å². The van der Waals surface area contributed by atoms with Crippen molar-refractivity contribution in [3.63, 3.8) is 0 Å². The van der Waals surface area contributed by atoms with Gasteiger partial charge in [-0.3, -0.25) is 4.79 Å². The molecule has 2 aromatic heterocycles. The largest absolute Gasteiger partial charge is 0.352 e. The Bertz CT molecular complexity index is 575. The zero-order valence-corrected chi connectivity index (χ0v) is 10.6. The van der Waals surface area contributed by atoms with Crippen LogP contribution in [0.5, 0.6) is 0 Å². The first kappa shape index (κ1) is 12.5. The molecule has 0 saturated heterocycles. The summed E-state index contributed by atoms with van der Waals surface area (Å²) in [5.74, 6) is -0.0544. The molecule has 0 bridgehead atoms. The van der Waals surface area contributed by atoms with E-state index in [9.17, 15) is 4.79 Å². The summed E-state index contributed by atoms with van der Waals surface area (Å²) in [7, 11) is 0. The van der Waals surface area contributed by atoms with Crippen LogP contribution < -0.4 is 11.1 Å². The van der Waals surface area contributed by atoms with Gasteiger partial charge in [-0.1, -0.05) is 0 Å². The van der Waals surface area contributed by atoms with Crippen molar-refractivity contribution in [3.8, 4) is 0 Å². The van der Waals surface area contributed by atoms with Crippen LogP contribution in [0.2, 0.25) is 0 Å². The highest BCUT2D eigenvalue weighted by molar-refractivity contribution is 5.76. The lowest BCUT2D eigenvalue weighted by atomic mass is 10.3. The molecular formula is C12H17N5O. The average Bonchev–Trinajstić information content (AvgIpc) is 2.70. The highest BCUT2D eigenvalue weighted by atomic mass is 16.1. The highest BCUT2D eigenvalue weighted by Gasteiger charge is 2.09. The summed E-state index contributed by atoms with van der Waals surface area (Å²) in [6, 6.07) is 1.97. The summed E-state index contributed by atoms with van der Waals surface area (Å²) in [6.07, 6.45) is 2.07. The molecule has 2 aromatic rings. The van der Waals surface area contributed by atoms with Gasteiger partial charge >= 0.3 is 0 Å². The number of hydrogen-bond donors (Lipinski definition) is 2. The number of carbonyl (C=O) groups is 1. The van der Waals surface area contributed by atoms with Gasteiger partial charge in [0.05, 0.1) is 6.20 Å². The van der Waals surface area contributed by atoms with Crippen molar-refractivity contribution in [3.05, 3.63) is 29.2 Å². The van der Waals surface area contributed by atoms with Crippen molar-refractivity contribution in [1.82, 2.24) is 19.9 Å². The Balaban J connectivity index is 2.21. The van der Waals surface area contributed by atoms with Gasteiger partial charge in [0.2, 0.25) is 5.91 Å². The van der Waals surface area contributed by atoms with Crippen molar-refractivity contribution in [1.29, 1.82) is 0 Å². The Labute approximate surface area is 105 Å². The third-order valence-electron chi connectivity index (χ3n) is 2.70. The number of hydrogen-bond acceptors (Lipinski definition) is 4. The number of fused-ring (bicyclic) bond motifs is 1. The number of rotatable bonds is 4. The fourth-order valence-electron chi connectivity index (χ4n) is 1.85. The summed E-state index contributed by atoms with van der Waals surface area (Å²) in [5, 5.41) is 7.07. The molecule has 0 aliphatic rings. The van der Waals surface area contributed by atoms with E-state index < -0.39 is 0 Å². The van der Waals surface area contributed by atoms with E-state index in [0.29, 0.717) is 19.5 Å². The van der Waals surface area contributed by atoms with Gasteiger partial charge < -0.3 is 11.1 Å². The van der Waals surface area contributed by atoms with Crippen LogP contribution in [0, 0.1) is 13.8 Å². The van der Waals surface area contributed by atoms with E-state index in [2.05, 4.69) is 15.4 Å². The van der Waals surface area contributed by atoms with Crippen LogP contribution in [0.3, 0.4) is 0 Å². The number of nitrogens with one attached hydrogen (secondary N) is 1. The Morgan fingerprint density at radius 2 is 2.28 bits per heavy atom. The smallest absolute Gasteiger partial charge is 0.221 e. The molecule has 18 heavy (non-hydrogen) atoms. The fourth-order valence-corrected chi connectivity index (χ4v) is 1.85.